The Bertz CT molecular complexity index is 708. The van der Waals surface area contributed by atoms with Crippen LogP contribution in [0.1, 0.15) is 39.4 Å². The summed E-state index contributed by atoms with van der Waals surface area (Å²) >= 11 is 0. The van der Waals surface area contributed by atoms with Crippen LogP contribution in [0.5, 0.6) is 0 Å². The van der Waals surface area contributed by atoms with Gasteiger partial charge in [0.1, 0.15) is 0 Å². The Hall–Kier alpha value is -2.20. The van der Waals surface area contributed by atoms with E-state index in [2.05, 4.69) is 0 Å². The quantitative estimate of drug-likeness (QED) is 0.687. The number of rotatable bonds is 3. The van der Waals surface area contributed by atoms with E-state index in [1.165, 1.54) is 5.56 Å². The molecular formula is C17H20N2O2. The first-order valence-electron chi connectivity index (χ1n) is 6.90. The first kappa shape index (κ1) is 15.2. The summed E-state index contributed by atoms with van der Waals surface area (Å²) in [6.07, 6.45) is 0. The third-order valence-corrected chi connectivity index (χ3v) is 4.22. The molecule has 0 saturated carbocycles. The van der Waals surface area contributed by atoms with Crippen molar-refractivity contribution in [2.75, 3.05) is 0 Å². The minimum atomic E-state index is -0.369. The molecule has 4 heteroatoms. The molecule has 2 aromatic rings. The highest BCUT2D eigenvalue weighted by Crippen LogP contribution is 2.31. The van der Waals surface area contributed by atoms with Crippen molar-refractivity contribution in [1.29, 1.82) is 0 Å². The maximum Gasteiger partial charge on any atom is 0.270 e. The summed E-state index contributed by atoms with van der Waals surface area (Å²) in [6.45, 7) is 7.90. The van der Waals surface area contributed by atoms with Gasteiger partial charge in [0.25, 0.3) is 5.69 Å². The predicted octanol–water partition coefficient (Wildman–Crippen LogP) is 3.88. The van der Waals surface area contributed by atoms with Gasteiger partial charge >= 0.3 is 0 Å². The number of hydrogen-bond donors (Lipinski definition) is 1. The van der Waals surface area contributed by atoms with E-state index in [9.17, 15) is 10.1 Å². The molecule has 21 heavy (non-hydrogen) atoms. The molecule has 2 rings (SSSR count). The molecule has 0 radical (unpaired) electrons. The van der Waals surface area contributed by atoms with Crippen LogP contribution in [-0.4, -0.2) is 4.92 Å². The number of nitro benzene ring substituents is 1. The minimum Gasteiger partial charge on any atom is -0.320 e. The fourth-order valence-electron chi connectivity index (χ4n) is 2.57. The van der Waals surface area contributed by atoms with Crippen LogP contribution in [0.2, 0.25) is 0 Å². The van der Waals surface area contributed by atoms with Crippen molar-refractivity contribution >= 4 is 5.69 Å². The number of nitro groups is 1. The normalized spacial score (nSPS) is 12.2. The maximum atomic E-state index is 11.1. The molecule has 0 spiro atoms. The molecule has 0 heterocycles. The van der Waals surface area contributed by atoms with Crippen LogP contribution in [0.15, 0.2) is 30.3 Å². The van der Waals surface area contributed by atoms with E-state index in [4.69, 9.17) is 5.73 Å². The Kier molecular flexibility index (Phi) is 4.09. The van der Waals surface area contributed by atoms with Crippen molar-refractivity contribution < 1.29 is 4.92 Å². The number of non-ortho nitro benzene ring substituents is 1. The summed E-state index contributed by atoms with van der Waals surface area (Å²) < 4.78 is 0. The summed E-state index contributed by atoms with van der Waals surface area (Å²) in [6, 6.07) is 8.82. The molecular weight excluding hydrogens is 264 g/mol. The molecule has 0 aliphatic heterocycles. The Balaban J connectivity index is 2.60. The first-order chi connectivity index (χ1) is 9.82. The molecule has 0 aliphatic rings. The van der Waals surface area contributed by atoms with Crippen LogP contribution in [0.3, 0.4) is 0 Å². The predicted molar refractivity (Wildman–Crippen MR) is 84.5 cm³/mol. The van der Waals surface area contributed by atoms with E-state index in [-0.39, 0.29) is 16.7 Å². The van der Waals surface area contributed by atoms with Crippen molar-refractivity contribution in [2.24, 2.45) is 5.73 Å². The number of hydrogen-bond acceptors (Lipinski definition) is 3. The van der Waals surface area contributed by atoms with Crippen LogP contribution >= 0.6 is 0 Å². The molecule has 4 nitrogen and oxygen atoms in total. The zero-order valence-electron chi connectivity index (χ0n) is 12.8. The van der Waals surface area contributed by atoms with Gasteiger partial charge in [0.2, 0.25) is 0 Å². The molecule has 0 fully saturated rings. The lowest BCUT2D eigenvalue weighted by molar-refractivity contribution is -0.385. The summed E-state index contributed by atoms with van der Waals surface area (Å²) in [5.74, 6) is 0. The van der Waals surface area contributed by atoms with Crippen LogP contribution in [0.4, 0.5) is 5.69 Å². The topological polar surface area (TPSA) is 69.2 Å². The van der Waals surface area contributed by atoms with Crippen LogP contribution in [-0.2, 0) is 0 Å². The molecule has 0 saturated heterocycles. The van der Waals surface area contributed by atoms with Crippen LogP contribution in [0.25, 0.3) is 0 Å². The van der Waals surface area contributed by atoms with Gasteiger partial charge in [-0.2, -0.15) is 0 Å². The van der Waals surface area contributed by atoms with E-state index >= 15 is 0 Å². The lowest BCUT2D eigenvalue weighted by Gasteiger charge is -2.19. The van der Waals surface area contributed by atoms with Crippen molar-refractivity contribution in [3.63, 3.8) is 0 Å². The molecule has 1 atom stereocenters. The zero-order valence-corrected chi connectivity index (χ0v) is 12.8. The van der Waals surface area contributed by atoms with Gasteiger partial charge in [-0.1, -0.05) is 18.2 Å². The lowest BCUT2D eigenvalue weighted by atomic mass is 9.89. The van der Waals surface area contributed by atoms with Gasteiger partial charge in [-0.05, 0) is 61.1 Å². The molecule has 2 N–H and O–H groups in total. The van der Waals surface area contributed by atoms with E-state index in [1.807, 2.05) is 45.9 Å². The van der Waals surface area contributed by atoms with Gasteiger partial charge in [0.05, 0.1) is 11.0 Å². The molecule has 2 aromatic carbocycles. The van der Waals surface area contributed by atoms with Crippen molar-refractivity contribution in [3.8, 4) is 0 Å². The third-order valence-electron chi connectivity index (χ3n) is 4.22. The number of aryl methyl sites for hydroxylation is 2. The monoisotopic (exact) mass is 284 g/mol. The zero-order chi connectivity index (χ0) is 15.7. The summed E-state index contributed by atoms with van der Waals surface area (Å²) in [7, 11) is 0. The van der Waals surface area contributed by atoms with Gasteiger partial charge in [0.15, 0.2) is 0 Å². The Morgan fingerprint density at radius 1 is 1.00 bits per heavy atom. The molecule has 0 aliphatic carbocycles. The number of nitrogens with zero attached hydrogens (tertiary/aromatic N) is 1. The number of benzene rings is 2. The summed E-state index contributed by atoms with van der Waals surface area (Å²) in [5.41, 5.74) is 12.5. The second kappa shape index (κ2) is 5.66. The smallest absolute Gasteiger partial charge is 0.270 e. The molecule has 110 valence electrons. The highest BCUT2D eigenvalue weighted by atomic mass is 16.6. The van der Waals surface area contributed by atoms with E-state index in [0.29, 0.717) is 0 Å². The van der Waals surface area contributed by atoms with Crippen molar-refractivity contribution in [2.45, 2.75) is 33.7 Å². The van der Waals surface area contributed by atoms with Gasteiger partial charge in [-0.3, -0.25) is 10.1 Å². The highest BCUT2D eigenvalue weighted by Gasteiger charge is 2.19. The van der Waals surface area contributed by atoms with Crippen LogP contribution in [0, 0.1) is 37.8 Å². The largest absolute Gasteiger partial charge is 0.320 e. The third kappa shape index (κ3) is 2.81. The fourth-order valence-corrected chi connectivity index (χ4v) is 2.57. The molecule has 1 unspecified atom stereocenters. The highest BCUT2D eigenvalue weighted by molar-refractivity contribution is 5.50. The fraction of sp³-hybridized carbons (Fsp3) is 0.294. The van der Waals surface area contributed by atoms with E-state index in [1.54, 1.807) is 12.1 Å². The summed E-state index contributed by atoms with van der Waals surface area (Å²) in [4.78, 5) is 10.7. The van der Waals surface area contributed by atoms with Crippen molar-refractivity contribution in [1.82, 2.24) is 0 Å². The Morgan fingerprint density at radius 2 is 1.62 bits per heavy atom. The molecule has 0 bridgehead atoms. The standard InChI is InChI=1S/C17H20N2O2/c1-10-6-5-7-15(12(10)3)17(18)16-9-14(19(20)21)8-11(2)13(16)4/h5-9,17H,18H2,1-4H3. The average Bonchev–Trinajstić information content (AvgIpc) is 2.43. The van der Waals surface area contributed by atoms with E-state index < -0.39 is 0 Å². The van der Waals surface area contributed by atoms with Crippen molar-refractivity contribution in [3.05, 3.63) is 73.8 Å². The van der Waals surface area contributed by atoms with Gasteiger partial charge in [0, 0.05) is 12.1 Å². The average molecular weight is 284 g/mol. The first-order valence-corrected chi connectivity index (χ1v) is 6.90. The second-order valence-electron chi connectivity index (χ2n) is 5.50. The Labute approximate surface area is 124 Å². The van der Waals surface area contributed by atoms with Gasteiger partial charge in [-0.15, -0.1) is 0 Å². The molecule has 0 aromatic heterocycles. The number of nitrogens with two attached hydrogens (primary N) is 1. The minimum absolute atomic E-state index is 0.0915. The second-order valence-corrected chi connectivity index (χ2v) is 5.50. The van der Waals surface area contributed by atoms with Crippen LogP contribution < -0.4 is 5.73 Å². The lowest BCUT2D eigenvalue weighted by Crippen LogP contribution is -2.16. The maximum absolute atomic E-state index is 11.1. The van der Waals surface area contributed by atoms with E-state index in [0.717, 1.165) is 27.8 Å². The Morgan fingerprint density at radius 3 is 2.24 bits per heavy atom. The summed E-state index contributed by atoms with van der Waals surface area (Å²) in [5, 5.41) is 11.1. The van der Waals surface area contributed by atoms with Gasteiger partial charge in [-0.25, -0.2) is 0 Å². The SMILES string of the molecule is Cc1cccc(C(N)c2cc([N+](=O)[O-])cc(C)c2C)c1C. The van der Waals surface area contributed by atoms with Gasteiger partial charge < -0.3 is 5.73 Å². The molecule has 0 amide bonds.